The molecule has 3 heterocycles. The lowest BCUT2D eigenvalue weighted by molar-refractivity contribution is 0.103. The second-order valence-corrected chi connectivity index (χ2v) is 9.41. The smallest absolute Gasteiger partial charge is 0.266 e. The van der Waals surface area contributed by atoms with Crippen molar-refractivity contribution in [3.63, 3.8) is 0 Å². The summed E-state index contributed by atoms with van der Waals surface area (Å²) in [4.78, 5) is 34.4. The third kappa shape index (κ3) is 4.11. The van der Waals surface area contributed by atoms with Crippen molar-refractivity contribution < 1.29 is 4.79 Å². The molecule has 1 N–H and O–H groups in total. The second-order valence-electron chi connectivity index (χ2n) is 8.41. The number of fused-ring (bicyclic) bond motifs is 2. The van der Waals surface area contributed by atoms with E-state index in [-0.39, 0.29) is 11.5 Å². The van der Waals surface area contributed by atoms with Crippen LogP contribution in [-0.2, 0) is 13.0 Å². The highest BCUT2D eigenvalue weighted by Gasteiger charge is 2.22. The summed E-state index contributed by atoms with van der Waals surface area (Å²) in [5.41, 5.74) is 2.59. The first-order valence-electron chi connectivity index (χ1n) is 11.1. The summed E-state index contributed by atoms with van der Waals surface area (Å²) in [6, 6.07) is 8.32. The average molecular weight is 439 g/mol. The van der Waals surface area contributed by atoms with Crippen LogP contribution in [0.15, 0.2) is 29.1 Å². The van der Waals surface area contributed by atoms with Gasteiger partial charge < -0.3 is 10.2 Å². The number of hydrogen-bond acceptors (Lipinski definition) is 5. The Kier molecular flexibility index (Phi) is 6.14. The highest BCUT2D eigenvalue weighted by molar-refractivity contribution is 7.20. The lowest BCUT2D eigenvalue weighted by Gasteiger charge is -2.27. The zero-order valence-electron chi connectivity index (χ0n) is 18.7. The summed E-state index contributed by atoms with van der Waals surface area (Å²) in [6.07, 6.45) is 3.99. The topological polar surface area (TPSA) is 67.2 Å². The summed E-state index contributed by atoms with van der Waals surface area (Å²) < 4.78 is 1.81. The maximum Gasteiger partial charge on any atom is 0.266 e. The number of hydrogen-bond donors (Lipinski definition) is 1. The van der Waals surface area contributed by atoms with Crippen LogP contribution in [0.5, 0.6) is 0 Å². The molecule has 0 radical (unpaired) electrons. The molecule has 0 atom stereocenters. The predicted molar refractivity (Wildman–Crippen MR) is 129 cm³/mol. The number of rotatable bonds is 5. The lowest BCUT2D eigenvalue weighted by atomic mass is 10.2. The van der Waals surface area contributed by atoms with Gasteiger partial charge in [-0.05, 0) is 70.4 Å². The summed E-state index contributed by atoms with van der Waals surface area (Å²) in [7, 11) is 0. The molecule has 0 bridgehead atoms. The van der Waals surface area contributed by atoms with Gasteiger partial charge in [0.25, 0.3) is 11.5 Å². The van der Waals surface area contributed by atoms with Crippen LogP contribution in [0.4, 0.5) is 11.4 Å². The van der Waals surface area contributed by atoms with E-state index in [1.165, 1.54) is 11.3 Å². The predicted octanol–water partition coefficient (Wildman–Crippen LogP) is 4.98. The maximum absolute atomic E-state index is 13.1. The molecule has 0 spiro atoms. The Morgan fingerprint density at radius 2 is 1.97 bits per heavy atom. The minimum atomic E-state index is -0.191. The fourth-order valence-electron chi connectivity index (χ4n) is 4.40. The summed E-state index contributed by atoms with van der Waals surface area (Å²) in [5.74, 6) is 0.661. The molecule has 3 aromatic rings. The molecule has 0 saturated carbocycles. The summed E-state index contributed by atoms with van der Waals surface area (Å²) in [5, 5.41) is 3.58. The van der Waals surface area contributed by atoms with Crippen molar-refractivity contribution in [2.45, 2.75) is 66.0 Å². The SMILES string of the molecule is CCN(c1ccc(NC(=O)c2sc3nc4n(c(=O)c3c2C)CCCCC4)cc1)C(C)C. The van der Waals surface area contributed by atoms with Crippen molar-refractivity contribution in [1.29, 1.82) is 0 Å². The van der Waals surface area contributed by atoms with Crippen LogP contribution in [0.3, 0.4) is 0 Å². The summed E-state index contributed by atoms with van der Waals surface area (Å²) >= 11 is 1.32. The van der Waals surface area contributed by atoms with Gasteiger partial charge in [0.15, 0.2) is 0 Å². The molecular weight excluding hydrogens is 408 g/mol. The lowest BCUT2D eigenvalue weighted by Crippen LogP contribution is -2.30. The molecule has 6 nitrogen and oxygen atoms in total. The molecule has 0 fully saturated rings. The van der Waals surface area contributed by atoms with Crippen LogP contribution in [0, 0.1) is 6.92 Å². The van der Waals surface area contributed by atoms with E-state index in [1.807, 2.05) is 35.8 Å². The van der Waals surface area contributed by atoms with Crippen LogP contribution in [-0.4, -0.2) is 28.0 Å². The van der Waals surface area contributed by atoms with Gasteiger partial charge in [-0.3, -0.25) is 14.2 Å². The van der Waals surface area contributed by atoms with E-state index in [0.717, 1.165) is 55.0 Å². The highest BCUT2D eigenvalue weighted by atomic mass is 32.1. The first kappa shape index (κ1) is 21.6. The highest BCUT2D eigenvalue weighted by Crippen LogP contribution is 2.29. The Bertz CT molecular complexity index is 1160. The van der Waals surface area contributed by atoms with Gasteiger partial charge in [0.05, 0.1) is 10.3 Å². The third-order valence-corrected chi connectivity index (χ3v) is 7.22. The number of thiophene rings is 1. The quantitative estimate of drug-likeness (QED) is 0.610. The number of nitrogens with one attached hydrogen (secondary N) is 1. The molecule has 31 heavy (non-hydrogen) atoms. The molecule has 4 rings (SSSR count). The van der Waals surface area contributed by atoms with Gasteiger partial charge in [-0.1, -0.05) is 6.42 Å². The molecule has 0 saturated heterocycles. The number of nitrogens with zero attached hydrogens (tertiary/aromatic N) is 3. The number of benzene rings is 1. The zero-order chi connectivity index (χ0) is 22.1. The minimum Gasteiger partial charge on any atom is -0.369 e. The van der Waals surface area contributed by atoms with Gasteiger partial charge in [-0.15, -0.1) is 11.3 Å². The molecule has 7 heteroatoms. The van der Waals surface area contributed by atoms with Gasteiger partial charge in [-0.2, -0.15) is 0 Å². The van der Waals surface area contributed by atoms with Gasteiger partial charge in [0.2, 0.25) is 0 Å². The number of carbonyl (C=O) groups is 1. The van der Waals surface area contributed by atoms with Crippen LogP contribution in [0.2, 0.25) is 0 Å². The first-order valence-corrected chi connectivity index (χ1v) is 11.9. The van der Waals surface area contributed by atoms with Crippen LogP contribution in [0.25, 0.3) is 10.2 Å². The Balaban J connectivity index is 1.62. The van der Waals surface area contributed by atoms with Crippen LogP contribution < -0.4 is 15.8 Å². The van der Waals surface area contributed by atoms with E-state index < -0.39 is 0 Å². The molecule has 1 aliphatic heterocycles. The first-order chi connectivity index (χ1) is 14.9. The Morgan fingerprint density at radius 1 is 1.23 bits per heavy atom. The van der Waals surface area contributed by atoms with E-state index in [2.05, 4.69) is 31.0 Å². The summed E-state index contributed by atoms with van der Waals surface area (Å²) in [6.45, 7) is 9.96. The molecule has 1 aliphatic rings. The second kappa shape index (κ2) is 8.83. The van der Waals surface area contributed by atoms with Crippen molar-refractivity contribution in [1.82, 2.24) is 9.55 Å². The van der Waals surface area contributed by atoms with E-state index in [9.17, 15) is 9.59 Å². The van der Waals surface area contributed by atoms with Gasteiger partial charge in [0, 0.05) is 36.9 Å². The molecule has 1 amide bonds. The van der Waals surface area contributed by atoms with Crippen molar-refractivity contribution in [3.05, 3.63) is 50.9 Å². The monoisotopic (exact) mass is 438 g/mol. The Hall–Kier alpha value is -2.67. The fraction of sp³-hybridized carbons (Fsp3) is 0.458. The van der Waals surface area contributed by atoms with Gasteiger partial charge in [-0.25, -0.2) is 4.98 Å². The van der Waals surface area contributed by atoms with E-state index in [0.29, 0.717) is 27.7 Å². The normalized spacial score (nSPS) is 13.8. The molecule has 2 aromatic heterocycles. The number of amides is 1. The Labute approximate surface area is 186 Å². The molecular formula is C24H30N4O2S. The fourth-order valence-corrected chi connectivity index (χ4v) is 5.48. The third-order valence-electron chi connectivity index (χ3n) is 6.04. The van der Waals surface area contributed by atoms with Crippen molar-refractivity contribution in [3.8, 4) is 0 Å². The Morgan fingerprint density at radius 3 is 2.65 bits per heavy atom. The van der Waals surface area contributed by atoms with Crippen molar-refractivity contribution >= 4 is 38.8 Å². The van der Waals surface area contributed by atoms with Crippen molar-refractivity contribution in [2.75, 3.05) is 16.8 Å². The molecule has 0 aliphatic carbocycles. The van der Waals surface area contributed by atoms with Crippen LogP contribution >= 0.6 is 11.3 Å². The van der Waals surface area contributed by atoms with Gasteiger partial charge >= 0.3 is 0 Å². The molecule has 1 aromatic carbocycles. The van der Waals surface area contributed by atoms with Crippen LogP contribution in [0.1, 0.15) is 61.1 Å². The standard InChI is InChI=1S/C24H30N4O2S/c1-5-27(15(2)3)18-12-10-17(11-13-18)25-22(29)21-16(4)20-23(31-21)26-19-9-7-6-8-14-28(19)24(20)30/h10-13,15H,5-9,14H2,1-4H3,(H,25,29). The number of aromatic nitrogens is 2. The molecule has 0 unspecified atom stereocenters. The maximum atomic E-state index is 13.1. The minimum absolute atomic E-state index is 0.00704. The molecule has 164 valence electrons. The van der Waals surface area contributed by atoms with Gasteiger partial charge in [0.1, 0.15) is 10.7 Å². The average Bonchev–Trinajstić information content (AvgIpc) is 2.91. The number of aryl methyl sites for hydroxylation is 2. The number of anilines is 2. The van der Waals surface area contributed by atoms with Crippen molar-refractivity contribution in [2.24, 2.45) is 0 Å². The number of carbonyl (C=O) groups excluding carboxylic acids is 1. The van der Waals surface area contributed by atoms with E-state index in [1.54, 1.807) is 0 Å². The largest absolute Gasteiger partial charge is 0.369 e. The van der Waals surface area contributed by atoms with E-state index in [4.69, 9.17) is 4.98 Å². The van der Waals surface area contributed by atoms with E-state index >= 15 is 0 Å². The zero-order valence-corrected chi connectivity index (χ0v) is 19.5.